The number of carbonyl (C=O) groups is 2. The molecule has 1 unspecified atom stereocenters. The number of esters is 1. The van der Waals surface area contributed by atoms with E-state index in [0.29, 0.717) is 17.0 Å². The zero-order chi connectivity index (χ0) is 19.2. The fraction of sp³-hybridized carbons (Fsp3) is 0.381. The van der Waals surface area contributed by atoms with Gasteiger partial charge in [-0.1, -0.05) is 37.3 Å². The molecular weight excluding hydrogens is 360 g/mol. The quantitative estimate of drug-likeness (QED) is 0.760. The highest BCUT2D eigenvalue weighted by atomic mass is 32.1. The first-order valence-corrected chi connectivity index (χ1v) is 10.0. The minimum absolute atomic E-state index is 0.352. The van der Waals surface area contributed by atoms with Gasteiger partial charge in [0.2, 0.25) is 0 Å². The predicted molar refractivity (Wildman–Crippen MR) is 105 cm³/mol. The van der Waals surface area contributed by atoms with E-state index in [9.17, 15) is 14.9 Å². The van der Waals surface area contributed by atoms with Crippen LogP contribution in [0.15, 0.2) is 30.3 Å². The van der Waals surface area contributed by atoms with Gasteiger partial charge in [-0.25, -0.2) is 0 Å². The number of hydrogen-bond acceptors (Lipinski definition) is 5. The van der Waals surface area contributed by atoms with E-state index < -0.39 is 11.9 Å². The minimum atomic E-state index is -0.415. The van der Waals surface area contributed by atoms with Gasteiger partial charge in [-0.05, 0) is 43.2 Å². The maximum absolute atomic E-state index is 12.4. The number of fused-ring (bicyclic) bond motifs is 1. The number of nitrogens with one attached hydrogen (secondary N) is 1. The Bertz CT molecular complexity index is 868. The lowest BCUT2D eigenvalue weighted by Gasteiger charge is -2.14. The topological polar surface area (TPSA) is 79.2 Å². The van der Waals surface area contributed by atoms with Gasteiger partial charge in [0.25, 0.3) is 5.91 Å². The molecule has 1 N–H and O–H groups in total. The van der Waals surface area contributed by atoms with Crippen LogP contribution in [-0.4, -0.2) is 18.5 Å². The maximum Gasteiger partial charge on any atom is 0.313 e. The van der Waals surface area contributed by atoms with Crippen molar-refractivity contribution in [3.05, 3.63) is 51.9 Å². The Balaban J connectivity index is 1.61. The van der Waals surface area contributed by atoms with Crippen LogP contribution in [0.1, 0.15) is 53.7 Å². The number of amides is 1. The third-order valence-electron chi connectivity index (χ3n) is 4.78. The van der Waals surface area contributed by atoms with Crippen LogP contribution in [0.4, 0.5) is 5.00 Å². The van der Waals surface area contributed by atoms with Gasteiger partial charge in [0.05, 0.1) is 11.5 Å². The molecule has 1 heterocycles. The summed E-state index contributed by atoms with van der Waals surface area (Å²) in [6.45, 7) is 1.56. The molecule has 0 radical (unpaired) electrons. The van der Waals surface area contributed by atoms with Gasteiger partial charge in [-0.15, -0.1) is 11.3 Å². The molecule has 3 rings (SSSR count). The van der Waals surface area contributed by atoms with Gasteiger partial charge in [0.1, 0.15) is 11.1 Å². The van der Waals surface area contributed by atoms with E-state index in [1.165, 1.54) is 16.2 Å². The van der Waals surface area contributed by atoms with E-state index in [1.807, 2.05) is 37.3 Å². The van der Waals surface area contributed by atoms with Crippen molar-refractivity contribution in [3.63, 3.8) is 0 Å². The minimum Gasteiger partial charge on any atom is -0.455 e. The van der Waals surface area contributed by atoms with Crippen LogP contribution in [0.3, 0.4) is 0 Å². The monoisotopic (exact) mass is 382 g/mol. The molecule has 0 saturated heterocycles. The third kappa shape index (κ3) is 4.37. The molecule has 0 spiro atoms. The number of nitriles is 1. The molecule has 1 aliphatic rings. The van der Waals surface area contributed by atoms with E-state index in [1.54, 1.807) is 0 Å². The molecule has 5 nitrogen and oxygen atoms in total. The molecule has 1 amide bonds. The van der Waals surface area contributed by atoms with Crippen LogP contribution in [-0.2, 0) is 27.2 Å². The molecule has 1 aliphatic carbocycles. The van der Waals surface area contributed by atoms with Crippen molar-refractivity contribution in [3.8, 4) is 6.07 Å². The number of benzene rings is 1. The number of carbonyl (C=O) groups excluding carboxylic acids is 2. The Morgan fingerprint density at radius 3 is 2.70 bits per heavy atom. The van der Waals surface area contributed by atoms with E-state index in [-0.39, 0.29) is 12.5 Å². The standard InChI is InChI=1S/C21H22N2O3S/c1-2-15(14-8-4-3-5-9-14)21(25)26-13-19(24)23-20-17(12-22)16-10-6-7-11-18(16)27-20/h3-5,8-9,15H,2,6-7,10-11,13H2,1H3,(H,23,24). The van der Waals surface area contributed by atoms with Crippen molar-refractivity contribution in [1.82, 2.24) is 0 Å². The molecule has 2 aromatic rings. The third-order valence-corrected chi connectivity index (χ3v) is 5.98. The molecule has 0 fully saturated rings. The lowest BCUT2D eigenvalue weighted by molar-refractivity contribution is -0.149. The summed E-state index contributed by atoms with van der Waals surface area (Å²) in [5.41, 5.74) is 2.50. The Hall–Kier alpha value is -2.65. The van der Waals surface area contributed by atoms with Crippen LogP contribution in [0.2, 0.25) is 0 Å². The first kappa shape index (κ1) is 19.1. The summed E-state index contributed by atoms with van der Waals surface area (Å²) in [6.07, 6.45) is 4.62. The predicted octanol–water partition coefficient (Wildman–Crippen LogP) is 4.17. The summed E-state index contributed by atoms with van der Waals surface area (Å²) >= 11 is 1.46. The summed E-state index contributed by atoms with van der Waals surface area (Å²) in [5.74, 6) is -1.21. The highest BCUT2D eigenvalue weighted by molar-refractivity contribution is 7.16. The molecule has 6 heteroatoms. The average molecular weight is 382 g/mol. The van der Waals surface area contributed by atoms with Crippen molar-refractivity contribution >= 4 is 28.2 Å². The van der Waals surface area contributed by atoms with Gasteiger partial charge in [-0.3, -0.25) is 9.59 Å². The van der Waals surface area contributed by atoms with Crippen LogP contribution in [0, 0.1) is 11.3 Å². The van der Waals surface area contributed by atoms with Crippen molar-refractivity contribution in [2.24, 2.45) is 0 Å². The van der Waals surface area contributed by atoms with Gasteiger partial charge < -0.3 is 10.1 Å². The number of nitrogens with zero attached hydrogens (tertiary/aromatic N) is 1. The number of anilines is 1. The van der Waals surface area contributed by atoms with E-state index >= 15 is 0 Å². The summed E-state index contributed by atoms with van der Waals surface area (Å²) in [4.78, 5) is 25.8. The molecule has 1 atom stereocenters. The van der Waals surface area contributed by atoms with Gasteiger partial charge in [0, 0.05) is 4.88 Å². The van der Waals surface area contributed by atoms with Crippen molar-refractivity contribution < 1.29 is 14.3 Å². The normalized spacial score (nSPS) is 13.9. The zero-order valence-corrected chi connectivity index (χ0v) is 16.1. The largest absolute Gasteiger partial charge is 0.455 e. The second kappa shape index (κ2) is 8.83. The smallest absolute Gasteiger partial charge is 0.313 e. The van der Waals surface area contributed by atoms with Crippen molar-refractivity contribution in [2.45, 2.75) is 44.9 Å². The highest BCUT2D eigenvalue weighted by Crippen LogP contribution is 2.37. The summed E-state index contributed by atoms with van der Waals surface area (Å²) in [6, 6.07) is 11.6. The molecule has 140 valence electrons. The molecule has 0 saturated carbocycles. The molecule has 0 bridgehead atoms. The summed E-state index contributed by atoms with van der Waals surface area (Å²) < 4.78 is 5.23. The van der Waals surface area contributed by atoms with E-state index in [2.05, 4.69) is 11.4 Å². The van der Waals surface area contributed by atoms with Gasteiger partial charge in [0.15, 0.2) is 6.61 Å². The Kier molecular flexibility index (Phi) is 6.25. The number of rotatable bonds is 6. The average Bonchev–Trinajstić information content (AvgIpc) is 3.04. The molecular formula is C21H22N2O3S. The number of ether oxygens (including phenoxy) is 1. The van der Waals surface area contributed by atoms with E-state index in [4.69, 9.17) is 4.74 Å². The Labute approximate surface area is 163 Å². The second-order valence-electron chi connectivity index (χ2n) is 6.55. The Morgan fingerprint density at radius 2 is 2.00 bits per heavy atom. The second-order valence-corrected chi connectivity index (χ2v) is 7.66. The fourth-order valence-corrected chi connectivity index (χ4v) is 4.65. The summed E-state index contributed by atoms with van der Waals surface area (Å²) in [5, 5.41) is 12.8. The molecule has 1 aromatic carbocycles. The van der Waals surface area contributed by atoms with Crippen molar-refractivity contribution in [2.75, 3.05) is 11.9 Å². The van der Waals surface area contributed by atoms with Crippen LogP contribution < -0.4 is 5.32 Å². The lowest BCUT2D eigenvalue weighted by Crippen LogP contribution is -2.23. The Morgan fingerprint density at radius 1 is 1.26 bits per heavy atom. The number of thiophene rings is 1. The first-order valence-electron chi connectivity index (χ1n) is 9.20. The molecule has 1 aromatic heterocycles. The van der Waals surface area contributed by atoms with Crippen LogP contribution in [0.25, 0.3) is 0 Å². The van der Waals surface area contributed by atoms with Gasteiger partial charge in [-0.2, -0.15) is 5.26 Å². The van der Waals surface area contributed by atoms with Crippen LogP contribution >= 0.6 is 11.3 Å². The number of aryl methyl sites for hydroxylation is 1. The number of hydrogen-bond donors (Lipinski definition) is 1. The highest BCUT2D eigenvalue weighted by Gasteiger charge is 2.23. The SMILES string of the molecule is CCC(C(=O)OCC(=O)Nc1sc2c(c1C#N)CCCC2)c1ccccc1. The fourth-order valence-electron chi connectivity index (χ4n) is 3.40. The van der Waals surface area contributed by atoms with Crippen LogP contribution in [0.5, 0.6) is 0 Å². The van der Waals surface area contributed by atoms with E-state index in [0.717, 1.165) is 36.8 Å². The molecule has 0 aliphatic heterocycles. The summed E-state index contributed by atoms with van der Waals surface area (Å²) in [7, 11) is 0. The maximum atomic E-state index is 12.4. The zero-order valence-electron chi connectivity index (χ0n) is 15.3. The first-order chi connectivity index (χ1) is 13.1. The van der Waals surface area contributed by atoms with Gasteiger partial charge >= 0.3 is 5.97 Å². The van der Waals surface area contributed by atoms with Crippen molar-refractivity contribution in [1.29, 1.82) is 5.26 Å². The lowest BCUT2D eigenvalue weighted by atomic mass is 9.96. The molecule has 27 heavy (non-hydrogen) atoms.